The molecule has 1 aromatic heterocycles. The lowest BCUT2D eigenvalue weighted by molar-refractivity contribution is -0.274. The zero-order chi connectivity index (χ0) is 16.3. The molecule has 0 saturated carbocycles. The number of aromatic nitrogens is 2. The molecule has 0 aliphatic carbocycles. The third-order valence-corrected chi connectivity index (χ3v) is 3.26. The summed E-state index contributed by atoms with van der Waals surface area (Å²) in [6, 6.07) is 7.39. The Hall–Kier alpha value is -2.27. The van der Waals surface area contributed by atoms with E-state index in [4.69, 9.17) is 5.26 Å². The summed E-state index contributed by atoms with van der Waals surface area (Å²) < 4.78 is 40.5. The monoisotopic (exact) mass is 325 g/mol. The standard InChI is InChI=1S/C14H10F3N3OS/c1-8-5-10(21-14(15,16)17)3-4-11(8)12-6-9(7-18)19-13(20-12)22-2/h3-6H,1-2H3. The number of ether oxygens (including phenoxy) is 1. The van der Waals surface area contributed by atoms with E-state index in [9.17, 15) is 13.2 Å². The molecule has 0 aliphatic heterocycles. The normalized spacial score (nSPS) is 11.1. The van der Waals surface area contributed by atoms with E-state index in [1.165, 1.54) is 36.0 Å². The molecule has 0 atom stereocenters. The van der Waals surface area contributed by atoms with Crippen LogP contribution in [0.3, 0.4) is 0 Å². The molecule has 0 unspecified atom stereocenters. The minimum absolute atomic E-state index is 0.198. The second-order valence-electron chi connectivity index (χ2n) is 4.26. The number of hydrogen-bond donors (Lipinski definition) is 0. The number of aryl methyl sites for hydroxylation is 1. The number of nitriles is 1. The molecular formula is C14H10F3N3OS. The van der Waals surface area contributed by atoms with Crippen molar-refractivity contribution in [2.75, 3.05) is 6.26 Å². The van der Waals surface area contributed by atoms with Gasteiger partial charge in [0.1, 0.15) is 17.5 Å². The zero-order valence-corrected chi connectivity index (χ0v) is 12.4. The maximum absolute atomic E-state index is 12.2. The minimum atomic E-state index is -4.73. The van der Waals surface area contributed by atoms with Crippen molar-refractivity contribution in [3.63, 3.8) is 0 Å². The summed E-state index contributed by atoms with van der Waals surface area (Å²) in [5.74, 6) is -0.298. The number of alkyl halides is 3. The van der Waals surface area contributed by atoms with E-state index >= 15 is 0 Å². The number of nitrogens with zero attached hydrogens (tertiary/aromatic N) is 3. The average Bonchev–Trinajstić information content (AvgIpc) is 2.45. The quantitative estimate of drug-likeness (QED) is 0.632. The van der Waals surface area contributed by atoms with Crippen LogP contribution < -0.4 is 4.74 Å². The highest BCUT2D eigenvalue weighted by Crippen LogP contribution is 2.29. The number of halogens is 3. The van der Waals surface area contributed by atoms with Crippen LogP contribution in [0.25, 0.3) is 11.3 Å². The molecule has 1 aromatic carbocycles. The molecule has 0 radical (unpaired) electrons. The Bertz CT molecular complexity index is 741. The van der Waals surface area contributed by atoms with Crippen molar-refractivity contribution in [1.82, 2.24) is 9.97 Å². The number of rotatable bonds is 3. The van der Waals surface area contributed by atoms with E-state index in [1.54, 1.807) is 13.2 Å². The molecule has 22 heavy (non-hydrogen) atoms. The second kappa shape index (κ2) is 6.23. The average molecular weight is 325 g/mol. The molecule has 4 nitrogen and oxygen atoms in total. The summed E-state index contributed by atoms with van der Waals surface area (Å²) in [5.41, 5.74) is 1.84. The first-order chi connectivity index (χ1) is 10.3. The molecule has 114 valence electrons. The van der Waals surface area contributed by atoms with Crippen LogP contribution in [0.5, 0.6) is 5.75 Å². The first-order valence-electron chi connectivity index (χ1n) is 6.02. The van der Waals surface area contributed by atoms with Crippen molar-refractivity contribution >= 4 is 11.8 Å². The fourth-order valence-corrected chi connectivity index (χ4v) is 2.21. The first-order valence-corrected chi connectivity index (χ1v) is 7.25. The van der Waals surface area contributed by atoms with Crippen molar-refractivity contribution in [1.29, 1.82) is 5.26 Å². The fraction of sp³-hybridized carbons (Fsp3) is 0.214. The van der Waals surface area contributed by atoms with Gasteiger partial charge in [-0.2, -0.15) is 5.26 Å². The van der Waals surface area contributed by atoms with E-state index in [1.807, 2.05) is 6.07 Å². The molecule has 0 bridgehead atoms. The van der Waals surface area contributed by atoms with Gasteiger partial charge in [-0.25, -0.2) is 9.97 Å². The van der Waals surface area contributed by atoms with Crippen molar-refractivity contribution < 1.29 is 17.9 Å². The summed E-state index contributed by atoms with van der Waals surface area (Å²) in [6.07, 6.45) is -2.96. The lowest BCUT2D eigenvalue weighted by Gasteiger charge is -2.12. The number of thioether (sulfide) groups is 1. The molecule has 0 saturated heterocycles. The molecule has 0 fully saturated rings. The zero-order valence-electron chi connectivity index (χ0n) is 11.6. The number of benzene rings is 1. The van der Waals surface area contributed by atoms with Gasteiger partial charge in [0.15, 0.2) is 5.16 Å². The molecule has 2 aromatic rings. The number of hydrogen-bond acceptors (Lipinski definition) is 5. The predicted molar refractivity (Wildman–Crippen MR) is 75.4 cm³/mol. The lowest BCUT2D eigenvalue weighted by atomic mass is 10.0. The van der Waals surface area contributed by atoms with Crippen LogP contribution in [-0.2, 0) is 0 Å². The largest absolute Gasteiger partial charge is 0.573 e. The highest BCUT2D eigenvalue weighted by molar-refractivity contribution is 7.98. The van der Waals surface area contributed by atoms with Gasteiger partial charge < -0.3 is 4.74 Å². The maximum atomic E-state index is 12.2. The van der Waals surface area contributed by atoms with Gasteiger partial charge in [-0.3, -0.25) is 0 Å². The fourth-order valence-electron chi connectivity index (χ4n) is 1.83. The molecular weight excluding hydrogens is 315 g/mol. The molecule has 1 heterocycles. The first kappa shape index (κ1) is 16.1. The highest BCUT2D eigenvalue weighted by atomic mass is 32.2. The van der Waals surface area contributed by atoms with Crippen LogP contribution in [0.2, 0.25) is 0 Å². The Morgan fingerprint density at radius 2 is 1.95 bits per heavy atom. The van der Waals surface area contributed by atoms with Crippen LogP contribution in [0.15, 0.2) is 29.4 Å². The van der Waals surface area contributed by atoms with Gasteiger partial charge in [0, 0.05) is 11.6 Å². The second-order valence-corrected chi connectivity index (χ2v) is 5.03. The Balaban J connectivity index is 2.44. The topological polar surface area (TPSA) is 58.8 Å². The highest BCUT2D eigenvalue weighted by Gasteiger charge is 2.31. The minimum Gasteiger partial charge on any atom is -0.406 e. The van der Waals surface area contributed by atoms with E-state index in [-0.39, 0.29) is 11.4 Å². The van der Waals surface area contributed by atoms with Crippen LogP contribution in [0.1, 0.15) is 11.3 Å². The molecule has 0 aliphatic rings. The van der Waals surface area contributed by atoms with Crippen molar-refractivity contribution in [2.24, 2.45) is 0 Å². The Labute approximate surface area is 129 Å². The molecule has 2 rings (SSSR count). The molecule has 0 amide bonds. The van der Waals surface area contributed by atoms with Gasteiger partial charge in [-0.05, 0) is 36.9 Å². The Morgan fingerprint density at radius 3 is 2.50 bits per heavy atom. The molecule has 0 spiro atoms. The van der Waals surface area contributed by atoms with Crippen molar-refractivity contribution in [3.8, 4) is 23.1 Å². The van der Waals surface area contributed by atoms with Gasteiger partial charge in [0.25, 0.3) is 0 Å². The summed E-state index contributed by atoms with van der Waals surface area (Å²) in [6.45, 7) is 1.64. The third-order valence-electron chi connectivity index (χ3n) is 2.71. The van der Waals surface area contributed by atoms with Gasteiger partial charge in [-0.1, -0.05) is 11.8 Å². The summed E-state index contributed by atoms with van der Waals surface area (Å²) >= 11 is 1.28. The Morgan fingerprint density at radius 1 is 1.23 bits per heavy atom. The predicted octanol–water partition coefficient (Wildman–Crippen LogP) is 3.94. The summed E-state index contributed by atoms with van der Waals surface area (Å²) in [7, 11) is 0. The van der Waals surface area contributed by atoms with Crippen molar-refractivity contribution in [2.45, 2.75) is 18.4 Å². The van der Waals surface area contributed by atoms with Gasteiger partial charge >= 0.3 is 6.36 Å². The van der Waals surface area contributed by atoms with E-state index < -0.39 is 6.36 Å². The SMILES string of the molecule is CSc1nc(C#N)cc(-c2ccc(OC(F)(F)F)cc2C)n1. The van der Waals surface area contributed by atoms with Crippen LogP contribution >= 0.6 is 11.8 Å². The molecule has 8 heteroatoms. The third kappa shape index (κ3) is 3.89. The van der Waals surface area contributed by atoms with Gasteiger partial charge in [0.05, 0.1) is 5.69 Å². The van der Waals surface area contributed by atoms with Gasteiger partial charge in [-0.15, -0.1) is 13.2 Å². The van der Waals surface area contributed by atoms with Crippen LogP contribution in [-0.4, -0.2) is 22.6 Å². The van der Waals surface area contributed by atoms with Gasteiger partial charge in [0.2, 0.25) is 0 Å². The Kier molecular flexibility index (Phi) is 4.56. The van der Waals surface area contributed by atoms with E-state index in [2.05, 4.69) is 14.7 Å². The van der Waals surface area contributed by atoms with E-state index in [0.29, 0.717) is 22.0 Å². The summed E-state index contributed by atoms with van der Waals surface area (Å²) in [5, 5.41) is 9.40. The lowest BCUT2D eigenvalue weighted by Crippen LogP contribution is -2.17. The van der Waals surface area contributed by atoms with E-state index in [0.717, 1.165) is 0 Å². The smallest absolute Gasteiger partial charge is 0.406 e. The van der Waals surface area contributed by atoms with Crippen LogP contribution in [0.4, 0.5) is 13.2 Å². The van der Waals surface area contributed by atoms with Crippen molar-refractivity contribution in [3.05, 3.63) is 35.5 Å². The van der Waals surface area contributed by atoms with Crippen LogP contribution in [0, 0.1) is 18.3 Å². The maximum Gasteiger partial charge on any atom is 0.573 e. The molecule has 0 N–H and O–H groups in total. The summed E-state index contributed by atoms with van der Waals surface area (Å²) in [4.78, 5) is 8.28.